The fraction of sp³-hybridized carbons (Fsp3) is 0.263. The number of esters is 1. The Kier molecular flexibility index (Phi) is 5.18. The van der Waals surface area contributed by atoms with Crippen LogP contribution in [0.4, 0.5) is 11.4 Å². The van der Waals surface area contributed by atoms with Gasteiger partial charge in [-0.15, -0.1) is 0 Å². The summed E-state index contributed by atoms with van der Waals surface area (Å²) in [5, 5.41) is 2.80. The molecule has 0 atom stereocenters. The molecule has 142 valence electrons. The predicted molar refractivity (Wildman–Crippen MR) is 103 cm³/mol. The Morgan fingerprint density at radius 3 is 2.33 bits per heavy atom. The fourth-order valence-corrected chi connectivity index (χ4v) is 4.46. The Labute approximate surface area is 158 Å². The average Bonchev–Trinajstić information content (AvgIpc) is 3.02. The minimum atomic E-state index is -3.29. The van der Waals surface area contributed by atoms with Gasteiger partial charge in [-0.05, 0) is 55.3 Å². The second-order valence-electron chi connectivity index (χ2n) is 6.26. The lowest BCUT2D eigenvalue weighted by molar-refractivity contribution is 0.0600. The van der Waals surface area contributed by atoms with Gasteiger partial charge in [0.1, 0.15) is 0 Å². The summed E-state index contributed by atoms with van der Waals surface area (Å²) in [5.74, 6) is -0.692. The number of rotatable bonds is 4. The van der Waals surface area contributed by atoms with Crippen molar-refractivity contribution in [2.75, 3.05) is 29.0 Å². The largest absolute Gasteiger partial charge is 0.465 e. The lowest BCUT2D eigenvalue weighted by atomic mass is 10.1. The van der Waals surface area contributed by atoms with E-state index in [4.69, 9.17) is 0 Å². The Hall–Kier alpha value is -2.87. The zero-order valence-electron chi connectivity index (χ0n) is 15.1. The highest BCUT2D eigenvalue weighted by Crippen LogP contribution is 2.28. The molecule has 2 aromatic rings. The van der Waals surface area contributed by atoms with E-state index in [1.165, 1.54) is 35.7 Å². The Bertz CT molecular complexity index is 984. The van der Waals surface area contributed by atoms with Crippen LogP contribution in [0.2, 0.25) is 0 Å². The summed E-state index contributed by atoms with van der Waals surface area (Å²) in [6.07, 6.45) is 0.588. The minimum absolute atomic E-state index is 0.134. The highest BCUT2D eigenvalue weighted by Gasteiger charge is 2.28. The summed E-state index contributed by atoms with van der Waals surface area (Å²) >= 11 is 0. The normalized spacial score (nSPS) is 15.4. The van der Waals surface area contributed by atoms with Gasteiger partial charge in [0, 0.05) is 17.8 Å². The standard InChI is InChI=1S/C19H20N2O5S/c1-13-4-9-16(21-10-3-11-27(21,24)25)12-17(13)20-18(22)14-5-7-15(8-6-14)19(23)26-2/h4-9,12H,3,10-11H2,1-2H3,(H,20,22). The molecule has 1 heterocycles. The molecule has 8 heteroatoms. The number of carbonyl (C=O) groups excluding carboxylic acids is 2. The highest BCUT2D eigenvalue weighted by atomic mass is 32.2. The molecule has 0 bridgehead atoms. The Morgan fingerprint density at radius 2 is 1.74 bits per heavy atom. The van der Waals surface area contributed by atoms with Crippen LogP contribution in [0, 0.1) is 6.92 Å². The molecule has 0 aromatic heterocycles. The topological polar surface area (TPSA) is 92.8 Å². The third kappa shape index (κ3) is 3.95. The van der Waals surface area contributed by atoms with Crippen LogP contribution in [0.25, 0.3) is 0 Å². The van der Waals surface area contributed by atoms with Gasteiger partial charge in [0.15, 0.2) is 0 Å². The van der Waals surface area contributed by atoms with Gasteiger partial charge in [-0.2, -0.15) is 0 Å². The molecule has 27 heavy (non-hydrogen) atoms. The van der Waals surface area contributed by atoms with Crippen LogP contribution >= 0.6 is 0 Å². The number of methoxy groups -OCH3 is 1. The zero-order valence-corrected chi connectivity index (χ0v) is 15.9. The SMILES string of the molecule is COC(=O)c1ccc(C(=O)Nc2cc(N3CCCS3(=O)=O)ccc2C)cc1. The number of nitrogens with one attached hydrogen (secondary N) is 1. The number of amides is 1. The molecule has 1 saturated heterocycles. The van der Waals surface area contributed by atoms with E-state index in [1.54, 1.807) is 18.2 Å². The molecule has 0 saturated carbocycles. The van der Waals surface area contributed by atoms with Gasteiger partial charge in [0.2, 0.25) is 10.0 Å². The van der Waals surface area contributed by atoms with E-state index in [2.05, 4.69) is 10.1 Å². The second-order valence-corrected chi connectivity index (χ2v) is 8.28. The van der Waals surface area contributed by atoms with Crippen LogP contribution in [0.15, 0.2) is 42.5 Å². The molecule has 2 aromatic carbocycles. The third-order valence-electron chi connectivity index (χ3n) is 4.42. The van der Waals surface area contributed by atoms with Crippen molar-refractivity contribution in [2.24, 2.45) is 0 Å². The minimum Gasteiger partial charge on any atom is -0.465 e. The summed E-state index contributed by atoms with van der Waals surface area (Å²) in [7, 11) is -2.00. The molecule has 1 amide bonds. The third-order valence-corrected chi connectivity index (χ3v) is 6.29. The number of carbonyl (C=O) groups is 2. The van der Waals surface area contributed by atoms with Crippen molar-refractivity contribution in [1.82, 2.24) is 0 Å². The van der Waals surface area contributed by atoms with Gasteiger partial charge in [-0.25, -0.2) is 13.2 Å². The quantitative estimate of drug-likeness (QED) is 0.813. The maximum absolute atomic E-state index is 12.5. The number of benzene rings is 2. The van der Waals surface area contributed by atoms with Crippen LogP contribution in [0.5, 0.6) is 0 Å². The number of hydrogen-bond acceptors (Lipinski definition) is 5. The first-order chi connectivity index (χ1) is 12.8. The number of nitrogens with zero attached hydrogens (tertiary/aromatic N) is 1. The molecule has 0 radical (unpaired) electrons. The van der Waals surface area contributed by atoms with E-state index in [9.17, 15) is 18.0 Å². The summed E-state index contributed by atoms with van der Waals surface area (Å²) < 4.78 is 30.2. The molecular formula is C19H20N2O5S. The predicted octanol–water partition coefficient (Wildman–Crippen LogP) is 2.57. The molecule has 1 aliphatic heterocycles. The molecule has 0 aliphatic carbocycles. The van der Waals surface area contributed by atoms with Gasteiger partial charge < -0.3 is 10.1 Å². The molecule has 3 rings (SSSR count). The van der Waals surface area contributed by atoms with E-state index in [-0.39, 0.29) is 11.7 Å². The number of hydrogen-bond donors (Lipinski definition) is 1. The monoisotopic (exact) mass is 388 g/mol. The van der Waals surface area contributed by atoms with Crippen molar-refractivity contribution in [2.45, 2.75) is 13.3 Å². The number of aryl methyl sites for hydroxylation is 1. The summed E-state index contributed by atoms with van der Waals surface area (Å²) in [6, 6.07) is 11.3. The van der Waals surface area contributed by atoms with Crippen LogP contribution in [-0.4, -0.2) is 39.7 Å². The number of sulfonamides is 1. The van der Waals surface area contributed by atoms with Crippen LogP contribution in [-0.2, 0) is 14.8 Å². The van der Waals surface area contributed by atoms with Crippen molar-refractivity contribution < 1.29 is 22.7 Å². The van der Waals surface area contributed by atoms with Crippen molar-refractivity contribution in [3.63, 3.8) is 0 Å². The first kappa shape index (κ1) is 18.9. The van der Waals surface area contributed by atoms with Crippen molar-refractivity contribution in [1.29, 1.82) is 0 Å². The van der Waals surface area contributed by atoms with Crippen molar-refractivity contribution >= 4 is 33.3 Å². The first-order valence-electron chi connectivity index (χ1n) is 8.42. The summed E-state index contributed by atoms with van der Waals surface area (Å²) in [4.78, 5) is 24.0. The lowest BCUT2D eigenvalue weighted by Crippen LogP contribution is -2.25. The van der Waals surface area contributed by atoms with Crippen LogP contribution in [0.3, 0.4) is 0 Å². The summed E-state index contributed by atoms with van der Waals surface area (Å²) in [6.45, 7) is 2.27. The fourth-order valence-electron chi connectivity index (χ4n) is 2.90. The Morgan fingerprint density at radius 1 is 1.07 bits per heavy atom. The highest BCUT2D eigenvalue weighted by molar-refractivity contribution is 7.93. The van der Waals surface area contributed by atoms with E-state index in [0.717, 1.165) is 5.56 Å². The van der Waals surface area contributed by atoms with Gasteiger partial charge >= 0.3 is 5.97 Å². The first-order valence-corrected chi connectivity index (χ1v) is 10.0. The lowest BCUT2D eigenvalue weighted by Gasteiger charge is -2.19. The van der Waals surface area contributed by atoms with Crippen LogP contribution < -0.4 is 9.62 Å². The number of anilines is 2. The van der Waals surface area contributed by atoms with Gasteiger partial charge in [-0.3, -0.25) is 9.10 Å². The van der Waals surface area contributed by atoms with Crippen molar-refractivity contribution in [3.8, 4) is 0 Å². The van der Waals surface area contributed by atoms with E-state index >= 15 is 0 Å². The van der Waals surface area contributed by atoms with E-state index in [1.807, 2.05) is 6.92 Å². The summed E-state index contributed by atoms with van der Waals surface area (Å²) in [5.41, 5.74) is 2.62. The maximum Gasteiger partial charge on any atom is 0.337 e. The molecule has 1 fully saturated rings. The second kappa shape index (κ2) is 7.40. The molecular weight excluding hydrogens is 368 g/mol. The average molecular weight is 388 g/mol. The van der Waals surface area contributed by atoms with E-state index in [0.29, 0.717) is 35.5 Å². The Balaban J connectivity index is 1.81. The van der Waals surface area contributed by atoms with Gasteiger partial charge in [0.25, 0.3) is 5.91 Å². The molecule has 1 aliphatic rings. The molecule has 0 spiro atoms. The maximum atomic E-state index is 12.5. The van der Waals surface area contributed by atoms with Gasteiger partial charge in [0.05, 0.1) is 24.1 Å². The zero-order chi connectivity index (χ0) is 19.6. The van der Waals surface area contributed by atoms with Crippen molar-refractivity contribution in [3.05, 3.63) is 59.2 Å². The van der Waals surface area contributed by atoms with E-state index < -0.39 is 16.0 Å². The van der Waals surface area contributed by atoms with Gasteiger partial charge in [-0.1, -0.05) is 6.07 Å². The smallest absolute Gasteiger partial charge is 0.337 e. The number of ether oxygens (including phenoxy) is 1. The molecule has 7 nitrogen and oxygen atoms in total. The molecule has 1 N–H and O–H groups in total. The molecule has 0 unspecified atom stereocenters. The van der Waals surface area contributed by atoms with Crippen LogP contribution in [0.1, 0.15) is 32.7 Å².